The molecule has 5 nitrogen and oxygen atoms in total. The first kappa shape index (κ1) is 17.1. The van der Waals surface area contributed by atoms with Crippen molar-refractivity contribution >= 4 is 20.6 Å². The zero-order valence-electron chi connectivity index (χ0n) is 14.8. The average Bonchev–Trinajstić information content (AvgIpc) is 3.19. The Kier molecular flexibility index (Phi) is 4.44. The molecular formula is C20H22N2O3S. The summed E-state index contributed by atoms with van der Waals surface area (Å²) in [5, 5.41) is 6.50. The smallest absolute Gasteiger partial charge is 0.150 e. The summed E-state index contributed by atoms with van der Waals surface area (Å²) in [6, 6.07) is 14.4. The van der Waals surface area contributed by atoms with Crippen molar-refractivity contribution in [1.82, 2.24) is 9.78 Å². The Labute approximate surface area is 153 Å². The van der Waals surface area contributed by atoms with Gasteiger partial charge in [0.25, 0.3) is 0 Å². The minimum Gasteiger partial charge on any atom is -0.494 e. The van der Waals surface area contributed by atoms with Crippen LogP contribution in [0.5, 0.6) is 5.75 Å². The number of rotatable bonds is 5. The van der Waals surface area contributed by atoms with Gasteiger partial charge in [-0.1, -0.05) is 18.2 Å². The lowest BCUT2D eigenvalue weighted by molar-refractivity contribution is 0.286. The molecule has 0 spiro atoms. The van der Waals surface area contributed by atoms with E-state index in [1.165, 1.54) is 0 Å². The fraction of sp³-hybridized carbons (Fsp3) is 0.350. The van der Waals surface area contributed by atoms with E-state index in [1.807, 2.05) is 29.9 Å². The van der Waals surface area contributed by atoms with E-state index in [0.29, 0.717) is 18.1 Å². The molecule has 136 valence electrons. The average molecular weight is 370 g/mol. The van der Waals surface area contributed by atoms with E-state index in [-0.39, 0.29) is 5.92 Å². The molecule has 2 heterocycles. The fourth-order valence-corrected chi connectivity index (χ4v) is 5.48. The molecule has 6 heteroatoms. The molecule has 1 aliphatic rings. The summed E-state index contributed by atoms with van der Waals surface area (Å²) in [6.07, 6.45) is 3.34. The van der Waals surface area contributed by atoms with Crippen LogP contribution >= 0.6 is 0 Å². The number of hydrogen-bond acceptors (Lipinski definition) is 4. The highest BCUT2D eigenvalue weighted by atomic mass is 32.2. The standard InChI is InChI=1S/C20H22N2O3S/c1-22-20(6-9-21-22)17-3-2-16-4-5-19(13-18(16)12-17)25-10-7-15-8-11-26(23,24)14-15/h2-6,9,12-13,15H,7-8,10-11,14H2,1H3. The molecule has 0 radical (unpaired) electrons. The van der Waals surface area contributed by atoms with Crippen LogP contribution in [0.2, 0.25) is 0 Å². The first-order valence-corrected chi connectivity index (χ1v) is 10.7. The molecule has 0 bridgehead atoms. The van der Waals surface area contributed by atoms with Crippen molar-refractivity contribution in [3.8, 4) is 17.0 Å². The quantitative estimate of drug-likeness (QED) is 0.690. The number of aromatic nitrogens is 2. The molecule has 0 amide bonds. The van der Waals surface area contributed by atoms with E-state index in [1.54, 1.807) is 6.20 Å². The van der Waals surface area contributed by atoms with E-state index in [0.717, 1.165) is 40.6 Å². The van der Waals surface area contributed by atoms with Gasteiger partial charge in [-0.05, 0) is 53.8 Å². The van der Waals surface area contributed by atoms with Crippen LogP contribution in [0.15, 0.2) is 48.7 Å². The van der Waals surface area contributed by atoms with Gasteiger partial charge in [-0.2, -0.15) is 5.10 Å². The van der Waals surface area contributed by atoms with Crippen LogP contribution < -0.4 is 4.74 Å². The molecule has 4 rings (SSSR count). The summed E-state index contributed by atoms with van der Waals surface area (Å²) in [5.74, 6) is 1.68. The Morgan fingerprint density at radius 1 is 1.15 bits per heavy atom. The van der Waals surface area contributed by atoms with Crippen LogP contribution in [0, 0.1) is 5.92 Å². The van der Waals surface area contributed by atoms with E-state index < -0.39 is 9.84 Å². The van der Waals surface area contributed by atoms with Gasteiger partial charge in [-0.25, -0.2) is 8.42 Å². The summed E-state index contributed by atoms with van der Waals surface area (Å²) in [6.45, 7) is 0.549. The summed E-state index contributed by atoms with van der Waals surface area (Å²) in [5.41, 5.74) is 2.19. The van der Waals surface area contributed by atoms with Gasteiger partial charge in [0.2, 0.25) is 0 Å². The maximum Gasteiger partial charge on any atom is 0.150 e. The van der Waals surface area contributed by atoms with E-state index in [4.69, 9.17) is 4.74 Å². The molecule has 1 aromatic heterocycles. The largest absolute Gasteiger partial charge is 0.494 e. The Balaban J connectivity index is 1.47. The van der Waals surface area contributed by atoms with Crippen LogP contribution in [0.4, 0.5) is 0 Å². The topological polar surface area (TPSA) is 61.2 Å². The minimum absolute atomic E-state index is 0.233. The van der Waals surface area contributed by atoms with Crippen molar-refractivity contribution in [2.45, 2.75) is 12.8 Å². The number of fused-ring (bicyclic) bond motifs is 1. The maximum atomic E-state index is 11.5. The summed E-state index contributed by atoms with van der Waals surface area (Å²) in [4.78, 5) is 0. The second-order valence-corrected chi connectivity index (χ2v) is 9.20. The molecule has 1 unspecified atom stereocenters. The van der Waals surface area contributed by atoms with Crippen molar-refractivity contribution in [3.63, 3.8) is 0 Å². The van der Waals surface area contributed by atoms with E-state index in [9.17, 15) is 8.42 Å². The normalized spacial score (nSPS) is 19.0. The number of ether oxygens (including phenoxy) is 1. The van der Waals surface area contributed by atoms with Crippen molar-refractivity contribution in [2.75, 3.05) is 18.1 Å². The van der Waals surface area contributed by atoms with Crippen LogP contribution in [0.1, 0.15) is 12.8 Å². The first-order chi connectivity index (χ1) is 12.5. The highest BCUT2D eigenvalue weighted by Crippen LogP contribution is 2.27. The molecule has 1 saturated heterocycles. The van der Waals surface area contributed by atoms with Crippen LogP contribution in [-0.4, -0.2) is 36.3 Å². The van der Waals surface area contributed by atoms with Crippen LogP contribution in [0.25, 0.3) is 22.0 Å². The molecule has 3 aromatic rings. The Morgan fingerprint density at radius 3 is 2.73 bits per heavy atom. The third-order valence-corrected chi connectivity index (χ3v) is 6.89. The van der Waals surface area contributed by atoms with Gasteiger partial charge in [0.1, 0.15) is 5.75 Å². The van der Waals surface area contributed by atoms with Gasteiger partial charge in [-0.3, -0.25) is 4.68 Å². The number of benzene rings is 2. The molecule has 2 aromatic carbocycles. The van der Waals surface area contributed by atoms with Crippen molar-refractivity contribution in [3.05, 3.63) is 48.7 Å². The SMILES string of the molecule is Cn1nccc1-c1ccc2ccc(OCCC3CCS(=O)(=O)C3)cc2c1. The molecule has 1 fully saturated rings. The molecule has 0 aliphatic carbocycles. The van der Waals surface area contributed by atoms with Crippen molar-refractivity contribution in [2.24, 2.45) is 13.0 Å². The van der Waals surface area contributed by atoms with Gasteiger partial charge in [0, 0.05) is 18.8 Å². The van der Waals surface area contributed by atoms with Gasteiger partial charge < -0.3 is 4.74 Å². The number of sulfone groups is 1. The predicted octanol–water partition coefficient (Wildman–Crippen LogP) is 3.44. The van der Waals surface area contributed by atoms with E-state index in [2.05, 4.69) is 29.4 Å². The van der Waals surface area contributed by atoms with Crippen LogP contribution in [0.3, 0.4) is 0 Å². The Morgan fingerprint density at radius 2 is 2.00 bits per heavy atom. The molecule has 1 aliphatic heterocycles. The second-order valence-electron chi connectivity index (χ2n) is 6.97. The van der Waals surface area contributed by atoms with E-state index >= 15 is 0 Å². The Bertz CT molecular complexity index is 1040. The summed E-state index contributed by atoms with van der Waals surface area (Å²) < 4.78 is 30.8. The molecule has 1 atom stereocenters. The van der Waals surface area contributed by atoms with Gasteiger partial charge >= 0.3 is 0 Å². The third kappa shape index (κ3) is 3.60. The lowest BCUT2D eigenvalue weighted by Crippen LogP contribution is -2.09. The lowest BCUT2D eigenvalue weighted by Gasteiger charge is -2.11. The highest BCUT2D eigenvalue weighted by molar-refractivity contribution is 7.91. The zero-order chi connectivity index (χ0) is 18.1. The van der Waals surface area contributed by atoms with Gasteiger partial charge in [0.15, 0.2) is 9.84 Å². The number of nitrogens with zero attached hydrogens (tertiary/aromatic N) is 2. The molecular weight excluding hydrogens is 348 g/mol. The number of hydrogen-bond donors (Lipinski definition) is 0. The summed E-state index contributed by atoms with van der Waals surface area (Å²) >= 11 is 0. The zero-order valence-corrected chi connectivity index (χ0v) is 15.6. The minimum atomic E-state index is -2.81. The second kappa shape index (κ2) is 6.76. The first-order valence-electron chi connectivity index (χ1n) is 8.86. The maximum absolute atomic E-state index is 11.5. The fourth-order valence-electron chi connectivity index (χ4n) is 3.57. The number of aryl methyl sites for hydroxylation is 1. The highest BCUT2D eigenvalue weighted by Gasteiger charge is 2.27. The van der Waals surface area contributed by atoms with Crippen molar-refractivity contribution in [1.29, 1.82) is 0 Å². The third-order valence-electron chi connectivity index (χ3n) is 5.05. The van der Waals surface area contributed by atoms with Gasteiger partial charge in [0.05, 0.1) is 23.8 Å². The van der Waals surface area contributed by atoms with Crippen LogP contribution in [-0.2, 0) is 16.9 Å². The predicted molar refractivity (Wildman–Crippen MR) is 103 cm³/mol. The Hall–Kier alpha value is -2.34. The molecule has 0 N–H and O–H groups in total. The van der Waals surface area contributed by atoms with Crippen molar-refractivity contribution < 1.29 is 13.2 Å². The van der Waals surface area contributed by atoms with Gasteiger partial charge in [-0.15, -0.1) is 0 Å². The lowest BCUT2D eigenvalue weighted by atomic mass is 10.0. The summed E-state index contributed by atoms with van der Waals surface area (Å²) in [7, 11) is -0.879. The monoisotopic (exact) mass is 370 g/mol. The molecule has 26 heavy (non-hydrogen) atoms. The molecule has 0 saturated carbocycles.